The molecule has 7 nitrogen and oxygen atoms in total. The molecule has 0 atom stereocenters. The second-order valence-electron chi connectivity index (χ2n) is 5.41. The molecule has 9 heteroatoms. The van der Waals surface area contributed by atoms with Crippen molar-refractivity contribution in [1.82, 2.24) is 15.2 Å². The van der Waals surface area contributed by atoms with Gasteiger partial charge < -0.3 is 0 Å². The third-order valence-corrected chi connectivity index (χ3v) is 6.56. The molecule has 0 aliphatic heterocycles. The third kappa shape index (κ3) is 5.49. The van der Waals surface area contributed by atoms with Gasteiger partial charge in [0, 0.05) is 29.6 Å². The molecule has 0 unspecified atom stereocenters. The molecule has 144 valence electrons. The van der Waals surface area contributed by atoms with Gasteiger partial charge in [-0.15, -0.1) is 11.3 Å². The van der Waals surface area contributed by atoms with Gasteiger partial charge in [-0.3, -0.25) is 20.4 Å². The Bertz CT molecular complexity index is 918. The summed E-state index contributed by atoms with van der Waals surface area (Å²) in [5.74, 6) is -1.10. The Kier molecular flexibility index (Phi) is 7.28. The lowest BCUT2D eigenvalue weighted by molar-refractivity contribution is -0.117. The number of hydrogen-bond donors (Lipinski definition) is 2. The minimum Gasteiger partial charge on any atom is -0.268 e. The van der Waals surface area contributed by atoms with Gasteiger partial charge in [-0.25, -0.2) is 8.42 Å². The van der Waals surface area contributed by atoms with E-state index in [-0.39, 0.29) is 10.5 Å². The average Bonchev–Trinajstić information content (AvgIpc) is 3.19. The minimum atomic E-state index is -3.67. The topological polar surface area (TPSA) is 95.6 Å². The number of carbonyl (C=O) groups excluding carboxylic acids is 2. The number of benzene rings is 1. The van der Waals surface area contributed by atoms with E-state index in [1.807, 2.05) is 17.5 Å². The fourth-order valence-corrected chi connectivity index (χ4v) is 4.41. The van der Waals surface area contributed by atoms with E-state index >= 15 is 0 Å². The number of hydrogen-bond acceptors (Lipinski definition) is 5. The Morgan fingerprint density at radius 3 is 2.48 bits per heavy atom. The highest BCUT2D eigenvalue weighted by molar-refractivity contribution is 7.89. The van der Waals surface area contributed by atoms with Crippen LogP contribution in [0.2, 0.25) is 0 Å². The van der Waals surface area contributed by atoms with Crippen LogP contribution in [0.25, 0.3) is 6.08 Å². The van der Waals surface area contributed by atoms with Crippen molar-refractivity contribution in [2.75, 3.05) is 13.1 Å². The van der Waals surface area contributed by atoms with E-state index < -0.39 is 21.8 Å². The van der Waals surface area contributed by atoms with Crippen LogP contribution >= 0.6 is 11.3 Å². The molecule has 27 heavy (non-hydrogen) atoms. The maximum atomic E-state index is 12.5. The van der Waals surface area contributed by atoms with Crippen molar-refractivity contribution >= 4 is 39.3 Å². The van der Waals surface area contributed by atoms with Gasteiger partial charge in [0.2, 0.25) is 10.0 Å². The molecule has 1 aromatic heterocycles. The Morgan fingerprint density at radius 2 is 1.85 bits per heavy atom. The lowest BCUT2D eigenvalue weighted by Gasteiger charge is -2.18. The summed E-state index contributed by atoms with van der Waals surface area (Å²) in [5.41, 5.74) is 4.67. The van der Waals surface area contributed by atoms with Crippen molar-refractivity contribution in [2.24, 2.45) is 0 Å². The standard InChI is InChI=1S/C18H21N3O4S2/c1-3-21(4-2)27(24,25)16-9-5-7-14(13-16)18(23)20-19-17(22)11-10-15-8-6-12-26-15/h5-13H,3-4H2,1-2H3,(H,19,22)(H,20,23)/b11-10+. The Morgan fingerprint density at radius 1 is 1.11 bits per heavy atom. The fraction of sp³-hybridized carbons (Fsp3) is 0.222. The van der Waals surface area contributed by atoms with Gasteiger partial charge in [0.15, 0.2) is 0 Å². The lowest BCUT2D eigenvalue weighted by atomic mass is 10.2. The Hall–Kier alpha value is -2.49. The number of rotatable bonds is 7. The quantitative estimate of drug-likeness (QED) is 0.544. The Labute approximate surface area is 162 Å². The summed E-state index contributed by atoms with van der Waals surface area (Å²) in [6, 6.07) is 9.41. The average molecular weight is 408 g/mol. The molecule has 1 heterocycles. The van der Waals surface area contributed by atoms with Crippen LogP contribution in [0.5, 0.6) is 0 Å². The van der Waals surface area contributed by atoms with Crippen molar-refractivity contribution in [3.05, 3.63) is 58.3 Å². The monoisotopic (exact) mass is 407 g/mol. The summed E-state index contributed by atoms with van der Waals surface area (Å²) in [4.78, 5) is 24.9. The molecule has 0 aliphatic rings. The molecule has 2 rings (SSSR count). The van der Waals surface area contributed by atoms with E-state index in [4.69, 9.17) is 0 Å². The van der Waals surface area contributed by atoms with E-state index in [2.05, 4.69) is 10.9 Å². The SMILES string of the molecule is CCN(CC)S(=O)(=O)c1cccc(C(=O)NNC(=O)/C=C/c2cccs2)c1. The maximum absolute atomic E-state index is 12.5. The minimum absolute atomic E-state index is 0.0303. The molecule has 0 spiro atoms. The van der Waals surface area contributed by atoms with Crippen LogP contribution in [0, 0.1) is 0 Å². The van der Waals surface area contributed by atoms with Gasteiger partial charge >= 0.3 is 0 Å². The van der Waals surface area contributed by atoms with Crippen LogP contribution in [-0.2, 0) is 14.8 Å². The molecule has 0 saturated carbocycles. The number of hydrazine groups is 1. The highest BCUT2D eigenvalue weighted by Crippen LogP contribution is 2.17. The molecule has 2 N–H and O–H groups in total. The molecular formula is C18H21N3O4S2. The number of sulfonamides is 1. The molecule has 0 radical (unpaired) electrons. The number of carbonyl (C=O) groups is 2. The largest absolute Gasteiger partial charge is 0.269 e. The molecule has 0 fully saturated rings. The summed E-state index contributed by atoms with van der Waals surface area (Å²) in [6.45, 7) is 4.16. The molecule has 2 aromatic rings. The van der Waals surface area contributed by atoms with Crippen molar-refractivity contribution in [2.45, 2.75) is 18.7 Å². The number of nitrogens with one attached hydrogen (secondary N) is 2. The first-order chi connectivity index (χ1) is 12.9. The number of amides is 2. The Balaban J connectivity index is 2.04. The van der Waals surface area contributed by atoms with Crippen LogP contribution in [0.15, 0.2) is 52.7 Å². The van der Waals surface area contributed by atoms with Crippen LogP contribution in [-0.4, -0.2) is 37.6 Å². The van der Waals surface area contributed by atoms with Crippen LogP contribution < -0.4 is 10.9 Å². The van der Waals surface area contributed by atoms with Gasteiger partial charge in [0.1, 0.15) is 0 Å². The zero-order chi connectivity index (χ0) is 19.9. The first-order valence-electron chi connectivity index (χ1n) is 8.30. The first kappa shape index (κ1) is 20.8. The summed E-state index contributed by atoms with van der Waals surface area (Å²) in [7, 11) is -3.67. The van der Waals surface area contributed by atoms with Crippen LogP contribution in [0.3, 0.4) is 0 Å². The fourth-order valence-electron chi connectivity index (χ4n) is 2.29. The highest BCUT2D eigenvalue weighted by atomic mass is 32.2. The van der Waals surface area contributed by atoms with Gasteiger partial charge in [-0.1, -0.05) is 26.0 Å². The van der Waals surface area contributed by atoms with Crippen molar-refractivity contribution in [3.63, 3.8) is 0 Å². The predicted molar refractivity (Wildman–Crippen MR) is 106 cm³/mol. The van der Waals surface area contributed by atoms with Crippen LogP contribution in [0.4, 0.5) is 0 Å². The zero-order valence-electron chi connectivity index (χ0n) is 15.0. The molecule has 0 aliphatic carbocycles. The highest BCUT2D eigenvalue weighted by Gasteiger charge is 2.22. The first-order valence-corrected chi connectivity index (χ1v) is 10.6. The molecule has 0 saturated heterocycles. The smallest absolute Gasteiger partial charge is 0.268 e. The van der Waals surface area contributed by atoms with Gasteiger partial charge in [0.05, 0.1) is 4.90 Å². The summed E-state index contributed by atoms with van der Waals surface area (Å²) in [6.07, 6.45) is 2.93. The van der Waals surface area contributed by atoms with Gasteiger partial charge in [-0.2, -0.15) is 4.31 Å². The second kappa shape index (κ2) is 9.45. The summed E-state index contributed by atoms with van der Waals surface area (Å²) >= 11 is 1.48. The van der Waals surface area contributed by atoms with E-state index in [9.17, 15) is 18.0 Å². The lowest BCUT2D eigenvalue weighted by Crippen LogP contribution is -2.40. The molecule has 1 aromatic carbocycles. The van der Waals surface area contributed by atoms with Crippen LogP contribution in [0.1, 0.15) is 29.1 Å². The van der Waals surface area contributed by atoms with Crippen molar-refractivity contribution in [3.8, 4) is 0 Å². The second-order valence-corrected chi connectivity index (χ2v) is 8.33. The molecular weight excluding hydrogens is 386 g/mol. The number of nitrogens with zero attached hydrogens (tertiary/aromatic N) is 1. The van der Waals surface area contributed by atoms with Crippen molar-refractivity contribution in [1.29, 1.82) is 0 Å². The van der Waals surface area contributed by atoms with E-state index in [1.165, 1.54) is 46.0 Å². The van der Waals surface area contributed by atoms with Gasteiger partial charge in [-0.05, 0) is 35.7 Å². The molecule has 0 bridgehead atoms. The van der Waals surface area contributed by atoms with E-state index in [0.717, 1.165) is 4.88 Å². The third-order valence-electron chi connectivity index (χ3n) is 3.68. The van der Waals surface area contributed by atoms with E-state index in [0.29, 0.717) is 13.1 Å². The summed E-state index contributed by atoms with van der Waals surface area (Å²) < 4.78 is 26.4. The number of thiophene rings is 1. The summed E-state index contributed by atoms with van der Waals surface area (Å²) in [5, 5.41) is 1.89. The molecule has 2 amide bonds. The normalized spacial score (nSPS) is 11.7. The van der Waals surface area contributed by atoms with Crippen molar-refractivity contribution < 1.29 is 18.0 Å². The van der Waals surface area contributed by atoms with Gasteiger partial charge in [0.25, 0.3) is 11.8 Å². The zero-order valence-corrected chi connectivity index (χ0v) is 16.6. The predicted octanol–water partition coefficient (Wildman–Crippen LogP) is 2.25. The maximum Gasteiger partial charge on any atom is 0.269 e. The van der Waals surface area contributed by atoms with E-state index in [1.54, 1.807) is 19.9 Å².